The van der Waals surface area contributed by atoms with E-state index in [1.54, 1.807) is 24.3 Å². The second kappa shape index (κ2) is 9.37. The zero-order valence-electron chi connectivity index (χ0n) is 17.9. The molecule has 0 radical (unpaired) electrons. The van der Waals surface area contributed by atoms with Gasteiger partial charge in [-0.2, -0.15) is 0 Å². The van der Waals surface area contributed by atoms with Crippen LogP contribution in [0.2, 0.25) is 5.02 Å². The number of Topliss-reactive ketones (excluding diaryl/α,β-unsaturated/α-hetero) is 1. The largest absolute Gasteiger partial charge is 0.451 e. The van der Waals surface area contributed by atoms with Crippen LogP contribution in [-0.2, 0) is 21.2 Å². The lowest BCUT2D eigenvalue weighted by molar-refractivity contribution is 0.0318. The summed E-state index contributed by atoms with van der Waals surface area (Å²) in [6.45, 7) is 1.88. The Kier molecular flexibility index (Phi) is 6.54. The molecule has 0 amide bonds. The van der Waals surface area contributed by atoms with Gasteiger partial charge in [0.1, 0.15) is 0 Å². The highest BCUT2D eigenvalue weighted by Gasteiger charge is 2.29. The molecule has 1 heterocycles. The van der Waals surface area contributed by atoms with Crippen molar-refractivity contribution in [1.82, 2.24) is 0 Å². The number of nitrogens with zero attached hydrogens (tertiary/aromatic N) is 1. The molecule has 1 aliphatic rings. The summed E-state index contributed by atoms with van der Waals surface area (Å²) in [5.74, 6) is -1.10. The van der Waals surface area contributed by atoms with Crippen molar-refractivity contribution in [2.24, 2.45) is 0 Å². The van der Waals surface area contributed by atoms with Gasteiger partial charge in [-0.05, 0) is 67.8 Å². The lowest BCUT2D eigenvalue weighted by Crippen LogP contribution is -2.35. The lowest BCUT2D eigenvalue weighted by Gasteiger charge is -2.30. The molecule has 0 aromatic heterocycles. The monoisotopic (exact) mass is 483 g/mol. The number of hydrogen-bond acceptors (Lipinski definition) is 5. The van der Waals surface area contributed by atoms with Gasteiger partial charge in [-0.3, -0.25) is 9.10 Å². The standard InChI is InChI=1S/C25H22ClNO5S/c1-17(24(28)20-7-4-9-21(26)16-20)32-25(29)19-11-13-22(14-12-19)33(30,31)27-15-5-8-18-6-2-3-10-23(18)27/h2-4,6-7,9-14,16-17H,5,8,15H2,1H3. The topological polar surface area (TPSA) is 80.8 Å². The number of sulfonamides is 1. The minimum Gasteiger partial charge on any atom is -0.451 e. The number of hydrogen-bond donors (Lipinski definition) is 0. The van der Waals surface area contributed by atoms with Gasteiger partial charge in [-0.15, -0.1) is 0 Å². The van der Waals surface area contributed by atoms with Crippen LogP contribution in [0.15, 0.2) is 77.7 Å². The smallest absolute Gasteiger partial charge is 0.338 e. The van der Waals surface area contributed by atoms with Crippen LogP contribution in [0.4, 0.5) is 5.69 Å². The molecule has 1 aliphatic heterocycles. The zero-order valence-corrected chi connectivity index (χ0v) is 19.5. The van der Waals surface area contributed by atoms with Crippen LogP contribution < -0.4 is 4.31 Å². The Balaban J connectivity index is 1.49. The van der Waals surface area contributed by atoms with E-state index in [4.69, 9.17) is 16.3 Å². The highest BCUT2D eigenvalue weighted by Crippen LogP contribution is 2.31. The molecule has 0 saturated heterocycles. The van der Waals surface area contributed by atoms with E-state index in [-0.39, 0.29) is 16.2 Å². The number of aryl methyl sites for hydroxylation is 1. The van der Waals surface area contributed by atoms with E-state index in [1.165, 1.54) is 41.6 Å². The molecule has 0 saturated carbocycles. The highest BCUT2D eigenvalue weighted by atomic mass is 35.5. The lowest BCUT2D eigenvalue weighted by atomic mass is 10.0. The fourth-order valence-corrected chi connectivity index (χ4v) is 5.53. The molecule has 0 N–H and O–H groups in total. The molecule has 6 nitrogen and oxygen atoms in total. The molecule has 0 spiro atoms. The number of carbonyl (C=O) groups excluding carboxylic acids is 2. The Labute approximate surface area is 197 Å². The normalized spacial score (nSPS) is 14.3. The molecular weight excluding hydrogens is 462 g/mol. The average molecular weight is 484 g/mol. The van der Waals surface area contributed by atoms with Crippen LogP contribution in [0.5, 0.6) is 0 Å². The van der Waals surface area contributed by atoms with Gasteiger partial charge in [-0.25, -0.2) is 13.2 Å². The van der Waals surface area contributed by atoms with Gasteiger partial charge in [-0.1, -0.05) is 41.9 Å². The summed E-state index contributed by atoms with van der Waals surface area (Å²) >= 11 is 5.92. The SMILES string of the molecule is CC(OC(=O)c1ccc(S(=O)(=O)N2CCCc3ccccc32)cc1)C(=O)c1cccc(Cl)c1. The van der Waals surface area contributed by atoms with Gasteiger partial charge in [0.15, 0.2) is 6.10 Å². The van der Waals surface area contributed by atoms with Crippen molar-refractivity contribution in [3.63, 3.8) is 0 Å². The van der Waals surface area contributed by atoms with Crippen LogP contribution in [-0.4, -0.2) is 32.8 Å². The first kappa shape index (κ1) is 23.0. The third kappa shape index (κ3) is 4.79. The fourth-order valence-electron chi connectivity index (χ4n) is 3.80. The predicted octanol–water partition coefficient (Wildman–Crippen LogP) is 4.91. The maximum absolute atomic E-state index is 13.2. The van der Waals surface area contributed by atoms with E-state index in [1.807, 2.05) is 18.2 Å². The van der Waals surface area contributed by atoms with Crippen LogP contribution in [0, 0.1) is 0 Å². The van der Waals surface area contributed by atoms with Crippen LogP contribution >= 0.6 is 11.6 Å². The van der Waals surface area contributed by atoms with Crippen molar-refractivity contribution in [3.05, 3.63) is 94.5 Å². The summed E-state index contributed by atoms with van der Waals surface area (Å²) < 4.78 is 33.2. The molecule has 0 bridgehead atoms. The van der Waals surface area contributed by atoms with Crippen molar-refractivity contribution in [3.8, 4) is 0 Å². The van der Waals surface area contributed by atoms with Gasteiger partial charge in [0.25, 0.3) is 10.0 Å². The van der Waals surface area contributed by atoms with Crippen molar-refractivity contribution < 1.29 is 22.7 Å². The Bertz CT molecular complexity index is 1300. The van der Waals surface area contributed by atoms with E-state index in [0.717, 1.165) is 18.4 Å². The number of rotatable bonds is 6. The number of carbonyl (C=O) groups is 2. The Morgan fingerprint density at radius 1 is 0.970 bits per heavy atom. The van der Waals surface area contributed by atoms with Gasteiger partial charge in [0.05, 0.1) is 16.1 Å². The fraction of sp³-hybridized carbons (Fsp3) is 0.200. The number of ether oxygens (including phenoxy) is 1. The molecular formula is C25H22ClNO5S. The van der Waals surface area contributed by atoms with Crippen LogP contribution in [0.3, 0.4) is 0 Å². The summed E-state index contributed by atoms with van der Waals surface area (Å²) in [4.78, 5) is 25.1. The number of esters is 1. The number of benzene rings is 3. The molecule has 1 unspecified atom stereocenters. The zero-order chi connectivity index (χ0) is 23.6. The van der Waals surface area contributed by atoms with E-state index in [0.29, 0.717) is 22.8 Å². The quantitative estimate of drug-likeness (QED) is 0.367. The first-order valence-corrected chi connectivity index (χ1v) is 12.3. The van der Waals surface area contributed by atoms with E-state index in [9.17, 15) is 18.0 Å². The van der Waals surface area contributed by atoms with E-state index >= 15 is 0 Å². The maximum Gasteiger partial charge on any atom is 0.338 e. The summed E-state index contributed by atoms with van der Waals surface area (Å²) in [5, 5.41) is 0.410. The molecule has 1 atom stereocenters. The third-order valence-electron chi connectivity index (χ3n) is 5.51. The molecule has 170 valence electrons. The minimum absolute atomic E-state index is 0.0822. The summed E-state index contributed by atoms with van der Waals surface area (Å²) in [5.41, 5.74) is 2.16. The number of halogens is 1. The Morgan fingerprint density at radius 2 is 1.70 bits per heavy atom. The summed E-state index contributed by atoms with van der Waals surface area (Å²) in [7, 11) is -3.78. The van der Waals surface area contributed by atoms with Crippen LogP contribution in [0.1, 0.15) is 39.6 Å². The number of fused-ring (bicyclic) bond motifs is 1. The molecule has 8 heteroatoms. The third-order valence-corrected chi connectivity index (χ3v) is 7.57. The van der Waals surface area contributed by atoms with Crippen molar-refractivity contribution in [2.45, 2.75) is 30.8 Å². The number of anilines is 1. The first-order chi connectivity index (χ1) is 15.8. The van der Waals surface area contributed by atoms with Crippen molar-refractivity contribution in [1.29, 1.82) is 0 Å². The van der Waals surface area contributed by atoms with Gasteiger partial charge in [0.2, 0.25) is 5.78 Å². The molecule has 33 heavy (non-hydrogen) atoms. The second-order valence-electron chi connectivity index (χ2n) is 7.76. The number of para-hydroxylation sites is 1. The van der Waals surface area contributed by atoms with E-state index in [2.05, 4.69) is 0 Å². The molecule has 3 aromatic rings. The van der Waals surface area contributed by atoms with Crippen LogP contribution in [0.25, 0.3) is 0 Å². The summed E-state index contributed by atoms with van der Waals surface area (Å²) in [6, 6.07) is 19.4. The average Bonchev–Trinajstić information content (AvgIpc) is 2.83. The number of ketones is 1. The summed E-state index contributed by atoms with van der Waals surface area (Å²) in [6.07, 6.45) is 0.544. The Hall–Kier alpha value is -3.16. The van der Waals surface area contributed by atoms with Gasteiger partial charge < -0.3 is 4.74 Å². The highest BCUT2D eigenvalue weighted by molar-refractivity contribution is 7.92. The maximum atomic E-state index is 13.2. The Morgan fingerprint density at radius 3 is 2.42 bits per heavy atom. The second-order valence-corrected chi connectivity index (χ2v) is 10.1. The molecule has 3 aromatic carbocycles. The molecule has 4 rings (SSSR count). The molecule has 0 fully saturated rings. The van der Waals surface area contributed by atoms with Gasteiger partial charge in [0, 0.05) is 17.1 Å². The first-order valence-electron chi connectivity index (χ1n) is 10.5. The van der Waals surface area contributed by atoms with Crippen molar-refractivity contribution in [2.75, 3.05) is 10.8 Å². The predicted molar refractivity (Wildman–Crippen MR) is 126 cm³/mol. The van der Waals surface area contributed by atoms with Crippen molar-refractivity contribution >= 4 is 39.1 Å². The minimum atomic E-state index is -3.78. The molecule has 0 aliphatic carbocycles. The van der Waals surface area contributed by atoms with E-state index < -0.39 is 22.1 Å². The van der Waals surface area contributed by atoms with Gasteiger partial charge >= 0.3 is 5.97 Å².